The first kappa shape index (κ1) is 16.9. The third kappa shape index (κ3) is 5.03. The average molecular weight is 271 g/mol. The van der Waals surface area contributed by atoms with Crippen LogP contribution in [0.15, 0.2) is 0 Å². The Morgan fingerprint density at radius 2 is 1.95 bits per heavy atom. The molecule has 0 aliphatic heterocycles. The molecule has 0 aromatic heterocycles. The molecule has 1 saturated carbocycles. The molecular formula is C15H33N3O. The summed E-state index contributed by atoms with van der Waals surface area (Å²) in [5, 5.41) is 13.2. The summed E-state index contributed by atoms with van der Waals surface area (Å²) in [5.74, 6) is 0. The highest BCUT2D eigenvalue weighted by atomic mass is 16.3. The van der Waals surface area contributed by atoms with E-state index in [2.05, 4.69) is 43.1 Å². The van der Waals surface area contributed by atoms with Crippen LogP contribution in [0.1, 0.15) is 39.5 Å². The Morgan fingerprint density at radius 3 is 2.47 bits per heavy atom. The second-order valence-corrected chi connectivity index (χ2v) is 6.20. The predicted octanol–water partition coefficient (Wildman–Crippen LogP) is 1.15. The summed E-state index contributed by atoms with van der Waals surface area (Å²) >= 11 is 0. The Labute approximate surface area is 119 Å². The van der Waals surface area contributed by atoms with Crippen LogP contribution in [0.25, 0.3) is 0 Å². The zero-order valence-corrected chi connectivity index (χ0v) is 13.3. The Bertz CT molecular complexity index is 248. The van der Waals surface area contributed by atoms with Crippen molar-refractivity contribution in [3.8, 4) is 0 Å². The largest absolute Gasteiger partial charge is 0.394 e. The van der Waals surface area contributed by atoms with Crippen LogP contribution < -0.4 is 5.32 Å². The zero-order chi connectivity index (χ0) is 14.3. The maximum Gasteiger partial charge on any atom is 0.0613 e. The number of nitrogens with one attached hydrogen (secondary N) is 1. The molecule has 1 aliphatic rings. The van der Waals surface area contributed by atoms with Gasteiger partial charge in [0.25, 0.3) is 0 Å². The molecule has 0 amide bonds. The summed E-state index contributed by atoms with van der Waals surface area (Å²) in [4.78, 5) is 4.87. The van der Waals surface area contributed by atoms with Gasteiger partial charge in [0, 0.05) is 24.7 Å². The summed E-state index contributed by atoms with van der Waals surface area (Å²) in [5.41, 5.74) is -0.0243. The molecule has 0 aromatic carbocycles. The fourth-order valence-electron chi connectivity index (χ4n) is 3.24. The number of rotatable bonds is 9. The molecule has 0 spiro atoms. The first-order chi connectivity index (χ1) is 9.06. The zero-order valence-electron chi connectivity index (χ0n) is 13.3. The lowest BCUT2D eigenvalue weighted by Gasteiger charge is -2.33. The molecule has 0 radical (unpaired) electrons. The van der Waals surface area contributed by atoms with E-state index in [4.69, 9.17) is 0 Å². The molecule has 4 nitrogen and oxygen atoms in total. The Morgan fingerprint density at radius 1 is 1.21 bits per heavy atom. The van der Waals surface area contributed by atoms with Crippen LogP contribution >= 0.6 is 0 Å². The molecule has 1 fully saturated rings. The fourth-order valence-corrected chi connectivity index (χ4v) is 3.24. The van der Waals surface area contributed by atoms with Gasteiger partial charge in [-0.25, -0.2) is 0 Å². The highest BCUT2D eigenvalue weighted by molar-refractivity contribution is 4.99. The summed E-state index contributed by atoms with van der Waals surface area (Å²) in [6, 6.07) is 0.631. The Hall–Kier alpha value is -0.160. The molecule has 0 heterocycles. The van der Waals surface area contributed by atoms with Crippen LogP contribution in [0.4, 0.5) is 0 Å². The van der Waals surface area contributed by atoms with Gasteiger partial charge in [-0.05, 0) is 52.9 Å². The van der Waals surface area contributed by atoms with E-state index in [1.165, 1.54) is 19.4 Å². The van der Waals surface area contributed by atoms with E-state index in [-0.39, 0.29) is 12.1 Å². The highest BCUT2D eigenvalue weighted by Crippen LogP contribution is 2.32. The lowest BCUT2D eigenvalue weighted by atomic mass is 9.98. The van der Waals surface area contributed by atoms with E-state index < -0.39 is 0 Å². The number of hydrogen-bond acceptors (Lipinski definition) is 4. The fraction of sp³-hybridized carbons (Fsp3) is 1.00. The minimum absolute atomic E-state index is 0.0243. The molecule has 2 N–H and O–H groups in total. The SMILES string of the molecule is CCCN(CCN(C)C)C1CCC(CO)(NCC)C1. The number of hydrogen-bond donors (Lipinski definition) is 2. The molecule has 19 heavy (non-hydrogen) atoms. The van der Waals surface area contributed by atoms with Crippen LogP contribution in [-0.2, 0) is 0 Å². The van der Waals surface area contributed by atoms with Crippen molar-refractivity contribution in [3.63, 3.8) is 0 Å². The van der Waals surface area contributed by atoms with Crippen molar-refractivity contribution < 1.29 is 5.11 Å². The van der Waals surface area contributed by atoms with Gasteiger partial charge in [0.05, 0.1) is 6.61 Å². The van der Waals surface area contributed by atoms with Gasteiger partial charge in [-0.2, -0.15) is 0 Å². The number of likely N-dealkylation sites (N-methyl/N-ethyl adjacent to an activating group) is 2. The third-order valence-corrected chi connectivity index (χ3v) is 4.30. The van der Waals surface area contributed by atoms with E-state index in [0.717, 1.165) is 32.5 Å². The van der Waals surface area contributed by atoms with Crippen LogP contribution in [0.2, 0.25) is 0 Å². The summed E-state index contributed by atoms with van der Waals surface area (Å²) < 4.78 is 0. The third-order valence-electron chi connectivity index (χ3n) is 4.30. The number of aliphatic hydroxyl groups excluding tert-OH is 1. The topological polar surface area (TPSA) is 38.7 Å². The van der Waals surface area contributed by atoms with Gasteiger partial charge in [-0.1, -0.05) is 13.8 Å². The first-order valence-electron chi connectivity index (χ1n) is 7.81. The molecule has 0 saturated heterocycles. The maximum atomic E-state index is 9.71. The summed E-state index contributed by atoms with van der Waals surface area (Å²) in [7, 11) is 4.27. The maximum absolute atomic E-state index is 9.71. The molecule has 1 aliphatic carbocycles. The van der Waals surface area contributed by atoms with Crippen molar-refractivity contribution in [2.75, 3.05) is 46.9 Å². The van der Waals surface area contributed by atoms with Gasteiger partial charge in [-0.3, -0.25) is 4.90 Å². The molecule has 2 unspecified atom stereocenters. The van der Waals surface area contributed by atoms with Crippen molar-refractivity contribution in [2.24, 2.45) is 0 Å². The van der Waals surface area contributed by atoms with Gasteiger partial charge < -0.3 is 15.3 Å². The van der Waals surface area contributed by atoms with Gasteiger partial charge in [-0.15, -0.1) is 0 Å². The predicted molar refractivity (Wildman–Crippen MR) is 81.6 cm³/mol. The molecule has 2 atom stereocenters. The second kappa shape index (κ2) is 8.20. The van der Waals surface area contributed by atoms with E-state index in [9.17, 15) is 5.11 Å². The van der Waals surface area contributed by atoms with Crippen molar-refractivity contribution >= 4 is 0 Å². The second-order valence-electron chi connectivity index (χ2n) is 6.20. The molecular weight excluding hydrogens is 238 g/mol. The highest BCUT2D eigenvalue weighted by Gasteiger charge is 2.39. The smallest absolute Gasteiger partial charge is 0.0613 e. The normalized spacial score (nSPS) is 27.6. The van der Waals surface area contributed by atoms with E-state index >= 15 is 0 Å². The van der Waals surface area contributed by atoms with Gasteiger partial charge in [0.15, 0.2) is 0 Å². The molecule has 1 rings (SSSR count). The van der Waals surface area contributed by atoms with E-state index in [0.29, 0.717) is 6.04 Å². The van der Waals surface area contributed by atoms with Crippen LogP contribution in [0.3, 0.4) is 0 Å². The van der Waals surface area contributed by atoms with Crippen LogP contribution in [-0.4, -0.2) is 73.4 Å². The lowest BCUT2D eigenvalue weighted by molar-refractivity contribution is 0.138. The van der Waals surface area contributed by atoms with E-state index in [1.54, 1.807) is 0 Å². The minimum atomic E-state index is -0.0243. The van der Waals surface area contributed by atoms with E-state index in [1.807, 2.05) is 0 Å². The monoisotopic (exact) mass is 271 g/mol. The molecule has 0 bridgehead atoms. The Balaban J connectivity index is 2.56. The van der Waals surface area contributed by atoms with Gasteiger partial charge >= 0.3 is 0 Å². The van der Waals surface area contributed by atoms with Gasteiger partial charge in [0.1, 0.15) is 0 Å². The van der Waals surface area contributed by atoms with Gasteiger partial charge in [0.2, 0.25) is 0 Å². The standard InChI is InChI=1S/C15H33N3O/c1-5-9-18(11-10-17(3)4)14-7-8-15(12-14,13-19)16-6-2/h14,16,19H,5-13H2,1-4H3. The van der Waals surface area contributed by atoms with Crippen LogP contribution in [0, 0.1) is 0 Å². The quantitative estimate of drug-likeness (QED) is 0.660. The molecule has 0 aromatic rings. The first-order valence-corrected chi connectivity index (χ1v) is 7.81. The summed E-state index contributed by atoms with van der Waals surface area (Å²) in [6.07, 6.45) is 4.60. The minimum Gasteiger partial charge on any atom is -0.394 e. The Kier molecular flexibility index (Phi) is 7.29. The summed E-state index contributed by atoms with van der Waals surface area (Å²) in [6.45, 7) is 9.01. The molecule has 4 heteroatoms. The number of nitrogens with zero attached hydrogens (tertiary/aromatic N) is 2. The van der Waals surface area contributed by atoms with Crippen molar-refractivity contribution in [2.45, 2.75) is 51.1 Å². The van der Waals surface area contributed by atoms with Crippen molar-refractivity contribution in [3.05, 3.63) is 0 Å². The molecule has 114 valence electrons. The van der Waals surface area contributed by atoms with Crippen molar-refractivity contribution in [1.29, 1.82) is 0 Å². The average Bonchev–Trinajstić information content (AvgIpc) is 2.79. The number of aliphatic hydroxyl groups is 1. The lowest BCUT2D eigenvalue weighted by Crippen LogP contribution is -2.48. The van der Waals surface area contributed by atoms with Crippen molar-refractivity contribution in [1.82, 2.24) is 15.1 Å². The van der Waals surface area contributed by atoms with Crippen LogP contribution in [0.5, 0.6) is 0 Å².